The molecular weight excluding hydrogens is 380 g/mol. The highest BCUT2D eigenvalue weighted by atomic mass is 32.1. The van der Waals surface area contributed by atoms with E-state index < -0.39 is 0 Å². The van der Waals surface area contributed by atoms with E-state index in [1.807, 2.05) is 5.38 Å². The van der Waals surface area contributed by atoms with Gasteiger partial charge in [-0.2, -0.15) is 0 Å². The Morgan fingerprint density at radius 1 is 1.30 bits per heavy atom. The zero-order valence-electron chi connectivity index (χ0n) is 15.6. The normalized spacial score (nSPS) is 19.6. The lowest BCUT2D eigenvalue weighted by molar-refractivity contribution is -0.117. The van der Waals surface area contributed by atoms with Gasteiger partial charge in [-0.25, -0.2) is 4.79 Å². The summed E-state index contributed by atoms with van der Waals surface area (Å²) in [5.74, 6) is 0.0333. The highest BCUT2D eigenvalue weighted by molar-refractivity contribution is 7.15. The van der Waals surface area contributed by atoms with Gasteiger partial charge in [-0.15, -0.1) is 22.7 Å². The van der Waals surface area contributed by atoms with Crippen molar-refractivity contribution in [2.75, 3.05) is 25.0 Å². The van der Waals surface area contributed by atoms with E-state index in [0.29, 0.717) is 29.6 Å². The summed E-state index contributed by atoms with van der Waals surface area (Å²) in [6, 6.07) is 2.40. The fraction of sp³-hybridized carbons (Fsp3) is 0.500. The molecule has 3 heterocycles. The molecular formula is C20H24N2O3S2. The van der Waals surface area contributed by atoms with Crippen molar-refractivity contribution < 1.29 is 14.3 Å². The molecule has 1 N–H and O–H groups in total. The first-order valence-corrected chi connectivity index (χ1v) is 11.2. The Morgan fingerprint density at radius 2 is 2.11 bits per heavy atom. The summed E-state index contributed by atoms with van der Waals surface area (Å²) in [4.78, 5) is 28.8. The number of fused-ring (bicyclic) bond motifs is 1. The van der Waals surface area contributed by atoms with Crippen LogP contribution in [0.3, 0.4) is 0 Å². The SMILES string of the molecule is CCOC(=O)c1c(C2CC2)csc1NC(=O)CN1CCc2sccc2[C@H]1C. The molecule has 0 spiro atoms. The van der Waals surface area contributed by atoms with E-state index in [-0.39, 0.29) is 17.9 Å². The Hall–Kier alpha value is -1.70. The molecule has 0 aromatic carbocycles. The molecule has 0 radical (unpaired) electrons. The Bertz CT molecular complexity index is 853. The first-order chi connectivity index (χ1) is 13.1. The molecule has 27 heavy (non-hydrogen) atoms. The van der Waals surface area contributed by atoms with Crippen LogP contribution in [-0.2, 0) is 16.0 Å². The maximum atomic E-state index is 12.7. The van der Waals surface area contributed by atoms with Crippen LogP contribution in [0.2, 0.25) is 0 Å². The van der Waals surface area contributed by atoms with Crippen molar-refractivity contribution in [3.05, 3.63) is 38.4 Å². The monoisotopic (exact) mass is 404 g/mol. The molecule has 5 nitrogen and oxygen atoms in total. The van der Waals surface area contributed by atoms with Gasteiger partial charge in [-0.05, 0) is 67.0 Å². The van der Waals surface area contributed by atoms with Crippen molar-refractivity contribution in [3.63, 3.8) is 0 Å². The van der Waals surface area contributed by atoms with E-state index >= 15 is 0 Å². The lowest BCUT2D eigenvalue weighted by Crippen LogP contribution is -2.39. The van der Waals surface area contributed by atoms with Gasteiger partial charge >= 0.3 is 5.97 Å². The van der Waals surface area contributed by atoms with Gasteiger partial charge in [0, 0.05) is 17.5 Å². The van der Waals surface area contributed by atoms with Crippen LogP contribution in [0.4, 0.5) is 5.00 Å². The van der Waals surface area contributed by atoms with Crippen molar-refractivity contribution in [3.8, 4) is 0 Å². The summed E-state index contributed by atoms with van der Waals surface area (Å²) < 4.78 is 5.23. The number of hydrogen-bond donors (Lipinski definition) is 1. The Kier molecular flexibility index (Phi) is 5.34. The van der Waals surface area contributed by atoms with E-state index in [1.165, 1.54) is 21.8 Å². The van der Waals surface area contributed by atoms with E-state index in [2.05, 4.69) is 28.6 Å². The van der Waals surface area contributed by atoms with Crippen molar-refractivity contribution in [2.45, 2.75) is 45.1 Å². The van der Waals surface area contributed by atoms with Crippen LogP contribution in [0.5, 0.6) is 0 Å². The molecule has 4 rings (SSSR count). The van der Waals surface area contributed by atoms with Crippen molar-refractivity contribution >= 4 is 39.6 Å². The number of hydrogen-bond acceptors (Lipinski definition) is 6. The second-order valence-corrected chi connectivity index (χ2v) is 9.01. The number of carbonyl (C=O) groups excluding carboxylic acids is 2. The van der Waals surface area contributed by atoms with E-state index in [0.717, 1.165) is 31.4 Å². The predicted molar refractivity (Wildman–Crippen MR) is 109 cm³/mol. The fourth-order valence-corrected chi connectivity index (χ4v) is 5.71. The predicted octanol–water partition coefficient (Wildman–Crippen LogP) is 4.42. The minimum absolute atomic E-state index is 0.0738. The number of ether oxygens (including phenoxy) is 1. The number of nitrogens with zero attached hydrogens (tertiary/aromatic N) is 1. The number of anilines is 1. The van der Waals surface area contributed by atoms with Crippen LogP contribution in [0.1, 0.15) is 65.0 Å². The van der Waals surface area contributed by atoms with Crippen LogP contribution < -0.4 is 5.32 Å². The second kappa shape index (κ2) is 7.73. The molecule has 1 aliphatic heterocycles. The first-order valence-electron chi connectivity index (χ1n) is 9.47. The topological polar surface area (TPSA) is 58.6 Å². The molecule has 2 aromatic heterocycles. The van der Waals surface area contributed by atoms with Crippen molar-refractivity contribution in [1.82, 2.24) is 4.90 Å². The molecule has 7 heteroatoms. The molecule has 0 unspecified atom stereocenters. The average Bonchev–Trinajstić information content (AvgIpc) is 3.22. The number of carbonyl (C=O) groups is 2. The third kappa shape index (κ3) is 3.81. The van der Waals surface area contributed by atoms with Gasteiger partial charge in [0.1, 0.15) is 5.00 Å². The summed E-state index contributed by atoms with van der Waals surface area (Å²) in [6.07, 6.45) is 3.19. The maximum Gasteiger partial charge on any atom is 0.341 e. The first kappa shape index (κ1) is 18.7. The Balaban J connectivity index is 1.46. The lowest BCUT2D eigenvalue weighted by atomic mass is 10.0. The summed E-state index contributed by atoms with van der Waals surface area (Å²) in [7, 11) is 0. The van der Waals surface area contributed by atoms with Crippen LogP contribution >= 0.6 is 22.7 Å². The molecule has 1 fully saturated rings. The molecule has 1 saturated carbocycles. The zero-order chi connectivity index (χ0) is 19.0. The number of thiophene rings is 2. The van der Waals surface area contributed by atoms with Gasteiger partial charge in [-0.3, -0.25) is 9.69 Å². The lowest BCUT2D eigenvalue weighted by Gasteiger charge is -2.32. The molecule has 1 amide bonds. The molecule has 0 bridgehead atoms. The number of nitrogens with one attached hydrogen (secondary N) is 1. The number of rotatable bonds is 6. The van der Waals surface area contributed by atoms with Gasteiger partial charge < -0.3 is 10.1 Å². The van der Waals surface area contributed by atoms with Gasteiger partial charge in [0.05, 0.1) is 18.7 Å². The smallest absolute Gasteiger partial charge is 0.341 e. The molecule has 144 valence electrons. The van der Waals surface area contributed by atoms with E-state index in [1.54, 1.807) is 18.3 Å². The summed E-state index contributed by atoms with van der Waals surface area (Å²) >= 11 is 3.23. The number of amides is 1. The van der Waals surface area contributed by atoms with Crippen LogP contribution in [0.25, 0.3) is 0 Å². The zero-order valence-corrected chi connectivity index (χ0v) is 17.3. The number of esters is 1. The van der Waals surface area contributed by atoms with Gasteiger partial charge in [-0.1, -0.05) is 0 Å². The van der Waals surface area contributed by atoms with Crippen LogP contribution in [-0.4, -0.2) is 36.5 Å². The average molecular weight is 405 g/mol. The molecule has 2 aromatic rings. The third-order valence-electron chi connectivity index (χ3n) is 5.32. The van der Waals surface area contributed by atoms with Crippen molar-refractivity contribution in [2.24, 2.45) is 0 Å². The quantitative estimate of drug-likeness (QED) is 0.724. The second-order valence-electron chi connectivity index (χ2n) is 7.13. The van der Waals surface area contributed by atoms with Gasteiger partial charge in [0.15, 0.2) is 0 Å². The highest BCUT2D eigenvalue weighted by Crippen LogP contribution is 2.46. The van der Waals surface area contributed by atoms with E-state index in [9.17, 15) is 9.59 Å². The highest BCUT2D eigenvalue weighted by Gasteiger charge is 2.33. The van der Waals surface area contributed by atoms with Crippen molar-refractivity contribution in [1.29, 1.82) is 0 Å². The molecule has 2 aliphatic rings. The standard InChI is InChI=1S/C20H24N2O3S2/c1-3-25-20(24)18-15(13-4-5-13)11-27-19(18)21-17(23)10-22-8-6-16-14(12(22)2)7-9-26-16/h7,9,11-13H,3-6,8,10H2,1-2H3,(H,21,23)/t12-/m1/s1. The largest absolute Gasteiger partial charge is 0.462 e. The van der Waals surface area contributed by atoms with Gasteiger partial charge in [0.25, 0.3) is 0 Å². The van der Waals surface area contributed by atoms with Crippen LogP contribution in [0, 0.1) is 0 Å². The fourth-order valence-electron chi connectivity index (χ4n) is 3.70. The van der Waals surface area contributed by atoms with Gasteiger partial charge in [0.2, 0.25) is 5.91 Å². The summed E-state index contributed by atoms with van der Waals surface area (Å²) in [5.41, 5.74) is 2.92. The summed E-state index contributed by atoms with van der Waals surface area (Å²) in [5, 5.41) is 7.73. The Morgan fingerprint density at radius 3 is 2.85 bits per heavy atom. The summed E-state index contributed by atoms with van der Waals surface area (Å²) in [6.45, 7) is 5.49. The molecule has 1 aliphatic carbocycles. The minimum Gasteiger partial charge on any atom is -0.462 e. The Labute approximate surface area is 167 Å². The molecule has 0 saturated heterocycles. The van der Waals surface area contributed by atoms with E-state index in [4.69, 9.17) is 4.74 Å². The molecule has 1 atom stereocenters. The third-order valence-corrected chi connectivity index (χ3v) is 7.23. The minimum atomic E-state index is -0.329. The van der Waals surface area contributed by atoms with Crippen LogP contribution in [0.15, 0.2) is 16.8 Å². The maximum absolute atomic E-state index is 12.7.